The van der Waals surface area contributed by atoms with Gasteiger partial charge < -0.3 is 50.3 Å². The SMILES string of the molecule is CCCC(OCC)OCC.OCCO.OCCO.OCCO.OCCO. The van der Waals surface area contributed by atoms with Crippen LogP contribution in [0.1, 0.15) is 33.6 Å². The molecule has 0 unspecified atom stereocenters. The van der Waals surface area contributed by atoms with Crippen molar-refractivity contribution < 1.29 is 50.3 Å². The zero-order valence-electron chi connectivity index (χ0n) is 16.5. The summed E-state index contributed by atoms with van der Waals surface area (Å²) in [5.74, 6) is 0. The van der Waals surface area contributed by atoms with Gasteiger partial charge in [-0.15, -0.1) is 0 Å². The van der Waals surface area contributed by atoms with Gasteiger partial charge in [0.1, 0.15) is 0 Å². The molecule has 10 heteroatoms. The van der Waals surface area contributed by atoms with Crippen molar-refractivity contribution in [2.45, 2.75) is 39.9 Å². The predicted octanol–water partition coefficient (Wildman–Crippen LogP) is -1.93. The van der Waals surface area contributed by atoms with E-state index in [1.165, 1.54) is 0 Å². The summed E-state index contributed by atoms with van der Waals surface area (Å²) >= 11 is 0. The molecule has 0 radical (unpaired) electrons. The Kier molecular flexibility index (Phi) is 69.8. The molecule has 0 aliphatic carbocycles. The first-order chi connectivity index (χ1) is 12.5. The molecule has 26 heavy (non-hydrogen) atoms. The lowest BCUT2D eigenvalue weighted by molar-refractivity contribution is -0.139. The van der Waals surface area contributed by atoms with Gasteiger partial charge in [-0.05, 0) is 20.3 Å². The maximum Gasteiger partial charge on any atom is 0.157 e. The average Bonchev–Trinajstić information content (AvgIpc) is 2.69. The quantitative estimate of drug-likeness (QED) is 0.194. The van der Waals surface area contributed by atoms with Crippen LogP contribution in [0.15, 0.2) is 0 Å². The summed E-state index contributed by atoms with van der Waals surface area (Å²) in [4.78, 5) is 0. The van der Waals surface area contributed by atoms with Crippen LogP contribution >= 0.6 is 0 Å². The van der Waals surface area contributed by atoms with E-state index in [9.17, 15) is 0 Å². The Bertz CT molecular complexity index is 126. The van der Waals surface area contributed by atoms with E-state index in [-0.39, 0.29) is 59.1 Å². The zero-order valence-corrected chi connectivity index (χ0v) is 16.5. The summed E-state index contributed by atoms with van der Waals surface area (Å²) < 4.78 is 10.6. The highest BCUT2D eigenvalue weighted by atomic mass is 16.7. The van der Waals surface area contributed by atoms with E-state index >= 15 is 0 Å². The van der Waals surface area contributed by atoms with Crippen LogP contribution in [0.25, 0.3) is 0 Å². The topological polar surface area (TPSA) is 180 Å². The predicted molar refractivity (Wildman–Crippen MR) is 98.6 cm³/mol. The second-order valence-electron chi connectivity index (χ2n) is 3.92. The number of ether oxygens (including phenoxy) is 2. The highest BCUT2D eigenvalue weighted by Crippen LogP contribution is 2.02. The molecule has 0 fully saturated rings. The van der Waals surface area contributed by atoms with Gasteiger partial charge in [0, 0.05) is 13.2 Å². The zero-order chi connectivity index (χ0) is 21.5. The van der Waals surface area contributed by atoms with E-state index in [0.717, 1.165) is 26.1 Å². The molecule has 0 saturated carbocycles. The lowest BCUT2D eigenvalue weighted by Gasteiger charge is -2.15. The number of aliphatic hydroxyl groups is 8. The van der Waals surface area contributed by atoms with Crippen LogP contribution in [-0.2, 0) is 9.47 Å². The Morgan fingerprint density at radius 3 is 0.846 bits per heavy atom. The van der Waals surface area contributed by atoms with Gasteiger partial charge in [-0.2, -0.15) is 0 Å². The lowest BCUT2D eigenvalue weighted by atomic mass is 10.3. The third-order valence-corrected chi connectivity index (χ3v) is 1.63. The smallest absolute Gasteiger partial charge is 0.157 e. The Morgan fingerprint density at radius 2 is 0.731 bits per heavy atom. The molecule has 0 aromatic carbocycles. The van der Waals surface area contributed by atoms with Crippen molar-refractivity contribution in [3.05, 3.63) is 0 Å². The second kappa shape index (κ2) is 49.7. The van der Waals surface area contributed by atoms with Crippen LogP contribution < -0.4 is 0 Å². The molecule has 10 nitrogen and oxygen atoms in total. The molecule has 0 amide bonds. The molecule has 0 atom stereocenters. The molecular formula is C16H42O10. The summed E-state index contributed by atoms with van der Waals surface area (Å²) in [7, 11) is 0. The lowest BCUT2D eigenvalue weighted by Crippen LogP contribution is -2.16. The van der Waals surface area contributed by atoms with Crippen LogP contribution in [0.3, 0.4) is 0 Å². The second-order valence-corrected chi connectivity index (χ2v) is 3.92. The van der Waals surface area contributed by atoms with Crippen LogP contribution in [-0.4, -0.2) is 113 Å². The van der Waals surface area contributed by atoms with E-state index in [1.807, 2.05) is 13.8 Å². The maximum atomic E-state index is 7.62. The summed E-state index contributed by atoms with van der Waals surface area (Å²) in [6, 6.07) is 0. The molecule has 0 spiro atoms. The average molecular weight is 395 g/mol. The number of hydrogen-bond acceptors (Lipinski definition) is 10. The molecule has 0 bridgehead atoms. The minimum absolute atomic E-state index is 0.0278. The molecule has 0 aliphatic heterocycles. The molecule has 0 heterocycles. The number of aliphatic hydroxyl groups excluding tert-OH is 8. The minimum atomic E-state index is -0.125. The Hall–Kier alpha value is -0.400. The van der Waals surface area contributed by atoms with Crippen molar-refractivity contribution in [2.24, 2.45) is 0 Å². The van der Waals surface area contributed by atoms with Crippen LogP contribution in [0.4, 0.5) is 0 Å². The molecule has 166 valence electrons. The van der Waals surface area contributed by atoms with Gasteiger partial charge in [0.2, 0.25) is 0 Å². The van der Waals surface area contributed by atoms with Gasteiger partial charge >= 0.3 is 0 Å². The summed E-state index contributed by atoms with van der Waals surface area (Å²) in [5, 5.41) is 61.0. The van der Waals surface area contributed by atoms with Gasteiger partial charge in [-0.25, -0.2) is 0 Å². The highest BCUT2D eigenvalue weighted by molar-refractivity contribution is 4.41. The first-order valence-corrected chi connectivity index (χ1v) is 8.61. The van der Waals surface area contributed by atoms with E-state index in [1.54, 1.807) is 0 Å². The van der Waals surface area contributed by atoms with Gasteiger partial charge in [0.05, 0.1) is 52.9 Å². The van der Waals surface area contributed by atoms with Crippen molar-refractivity contribution in [2.75, 3.05) is 66.1 Å². The molecule has 8 N–H and O–H groups in total. The third-order valence-electron chi connectivity index (χ3n) is 1.63. The van der Waals surface area contributed by atoms with Crippen molar-refractivity contribution >= 4 is 0 Å². The first-order valence-electron chi connectivity index (χ1n) is 8.61. The molecule has 0 rings (SSSR count). The summed E-state index contributed by atoms with van der Waals surface area (Å²) in [6.45, 7) is 6.59. The minimum Gasteiger partial charge on any atom is -0.394 e. The Balaban J connectivity index is -0.0000000776. The molecule has 0 aromatic rings. The van der Waals surface area contributed by atoms with E-state index < -0.39 is 0 Å². The van der Waals surface area contributed by atoms with E-state index in [2.05, 4.69) is 6.92 Å². The standard InChI is InChI=1S/C8H18O2.4C2H6O2/c1-4-7-8(9-5-2)10-6-3;4*3-1-2-4/h8H,4-7H2,1-3H3;4*3-4H,1-2H2. The van der Waals surface area contributed by atoms with Crippen LogP contribution in [0.5, 0.6) is 0 Å². The Morgan fingerprint density at radius 1 is 0.500 bits per heavy atom. The molecule has 0 saturated heterocycles. The highest BCUT2D eigenvalue weighted by Gasteiger charge is 2.04. The largest absolute Gasteiger partial charge is 0.394 e. The Labute approximate surface area is 157 Å². The summed E-state index contributed by atoms with van der Waals surface area (Å²) in [6.07, 6.45) is 2.15. The van der Waals surface area contributed by atoms with Gasteiger partial charge in [-0.1, -0.05) is 13.3 Å². The van der Waals surface area contributed by atoms with Crippen molar-refractivity contribution in [3.8, 4) is 0 Å². The first kappa shape index (κ1) is 36.5. The van der Waals surface area contributed by atoms with Crippen molar-refractivity contribution in [3.63, 3.8) is 0 Å². The monoisotopic (exact) mass is 394 g/mol. The van der Waals surface area contributed by atoms with Crippen molar-refractivity contribution in [1.29, 1.82) is 0 Å². The van der Waals surface area contributed by atoms with Crippen molar-refractivity contribution in [1.82, 2.24) is 0 Å². The van der Waals surface area contributed by atoms with E-state index in [4.69, 9.17) is 50.3 Å². The number of hydrogen-bond donors (Lipinski definition) is 8. The van der Waals surface area contributed by atoms with Gasteiger partial charge in [0.25, 0.3) is 0 Å². The fourth-order valence-corrected chi connectivity index (χ4v) is 0.822. The maximum absolute atomic E-state index is 7.62. The summed E-state index contributed by atoms with van der Waals surface area (Å²) in [5.41, 5.74) is 0. The molecule has 0 aromatic heterocycles. The molecular weight excluding hydrogens is 352 g/mol. The number of rotatable bonds is 10. The normalized spacial score (nSPS) is 8.77. The van der Waals surface area contributed by atoms with E-state index in [0.29, 0.717) is 0 Å². The fourth-order valence-electron chi connectivity index (χ4n) is 0.822. The third kappa shape index (κ3) is 75.9. The molecule has 0 aliphatic rings. The van der Waals surface area contributed by atoms with Gasteiger partial charge in [-0.3, -0.25) is 0 Å². The van der Waals surface area contributed by atoms with Crippen LogP contribution in [0, 0.1) is 0 Å². The van der Waals surface area contributed by atoms with Crippen LogP contribution in [0.2, 0.25) is 0 Å². The fraction of sp³-hybridized carbons (Fsp3) is 1.00. The van der Waals surface area contributed by atoms with Gasteiger partial charge in [0.15, 0.2) is 6.29 Å².